The summed E-state index contributed by atoms with van der Waals surface area (Å²) in [6.07, 6.45) is 9.32. The molecule has 642 valence electrons. The van der Waals surface area contributed by atoms with E-state index >= 15 is 0 Å². The Morgan fingerprint density at radius 3 is 0.966 bits per heavy atom. The lowest BCUT2D eigenvalue weighted by Crippen LogP contribution is -2.25. The number of ketones is 1. The van der Waals surface area contributed by atoms with Gasteiger partial charge in [-0.2, -0.15) is 0 Å². The van der Waals surface area contributed by atoms with E-state index in [0.29, 0.717) is 31.8 Å². The van der Waals surface area contributed by atoms with E-state index in [1.54, 1.807) is 7.11 Å². The van der Waals surface area contributed by atoms with Crippen LogP contribution in [0.25, 0.3) is 11.1 Å². The Balaban J connectivity index is -0.000000397. The zero-order chi connectivity index (χ0) is 89.8. The number of ether oxygens (including phenoxy) is 6. The fourth-order valence-corrected chi connectivity index (χ4v) is 9.82. The summed E-state index contributed by atoms with van der Waals surface area (Å²) in [5, 5.41) is 0. The maximum absolute atomic E-state index is 11.0. The molecule has 1 aliphatic carbocycles. The summed E-state index contributed by atoms with van der Waals surface area (Å²) in [5.74, 6) is 0.139. The molecule has 0 aliphatic heterocycles. The van der Waals surface area contributed by atoms with Crippen molar-refractivity contribution in [3.8, 4) is 16.9 Å². The van der Waals surface area contributed by atoms with Crippen LogP contribution in [0.4, 0.5) is 0 Å². The molecule has 0 heterocycles. The van der Waals surface area contributed by atoms with Gasteiger partial charge in [-0.25, -0.2) is 0 Å². The summed E-state index contributed by atoms with van der Waals surface area (Å²) in [4.78, 5) is 61.3. The maximum Gasteiger partial charge on any atom is 0.303 e. The first-order valence-corrected chi connectivity index (χ1v) is 48.5. The van der Waals surface area contributed by atoms with Crippen molar-refractivity contribution < 1.29 is 57.2 Å². The standard InChI is InChI=1S/C20H18.C16H14O2.C9H10O2.C9H12O.C8H10.C7H16O2Si.C6H12O2.C5H8O2.C5H12.C5H10.C4H12Si.C3H6O.C3H8.C2H6/c1-20(17-11-5-2-6-12-17,18-13-7-3-8-14-18)19-15-9-4-10-16-19;1-11(17)18-10-16-14-8-4-2-6-12(14)13-7-3-5-9-15(13)16;1-8(10)11-7-9-5-3-2-4-6-9;1-3-8-4-6-9(10-2)7-5-8;1-2-8-6-4-3-5-7-8;1-7(8)9-5-6-10(2,3)4;1-5(7)8-6(2,3)4;1-3-4-7-5(2)6;1-5(2,3)4;1-3-5-4-2;1-5(2,3)4;1-3(2)4;1-3-2;1-2/h2-16H,1H3;2-9,16H,10H2,1H3;2-6H,7H2,1H3;4-7H,3H2,1-2H3;3-7H,2H2,1H3;5-6H2,1-4H3;1-4H3;3H,1,4H2,2H3;1-4H3;3H,1,4-5H2,2H3;1-4H3;1-2H3;3H2,1-2H3;1-2H3. The molecule has 8 aromatic carbocycles. The van der Waals surface area contributed by atoms with Crippen molar-refractivity contribution in [3.05, 3.63) is 294 Å². The Kier molecular flexibility index (Phi) is 68.1. The molecule has 0 amide bonds. The lowest BCUT2D eigenvalue weighted by Gasteiger charge is -2.31. The van der Waals surface area contributed by atoms with Crippen LogP contribution in [0.2, 0.25) is 51.9 Å². The molecule has 0 saturated carbocycles. The molecular formula is C102H154O12Si2. The Hall–Kier alpha value is -9.51. The Labute approximate surface area is 708 Å². The van der Waals surface area contributed by atoms with Crippen LogP contribution in [0, 0.1) is 5.41 Å². The van der Waals surface area contributed by atoms with Gasteiger partial charge in [-0.1, -0.05) is 366 Å². The number of benzene rings is 8. The van der Waals surface area contributed by atoms with E-state index < -0.39 is 16.1 Å². The highest BCUT2D eigenvalue weighted by atomic mass is 28.3. The van der Waals surface area contributed by atoms with Gasteiger partial charge in [0.05, 0.1) is 13.7 Å². The fourth-order valence-electron chi connectivity index (χ4n) is 9.10. The van der Waals surface area contributed by atoms with Crippen LogP contribution in [-0.2, 0) is 77.3 Å². The summed E-state index contributed by atoms with van der Waals surface area (Å²) in [6, 6.07) is 78.0. The number of rotatable bonds is 17. The lowest BCUT2D eigenvalue weighted by atomic mass is 9.71. The average Bonchev–Trinajstić information content (AvgIpc) is 0.922. The largest absolute Gasteiger partial charge is 0.497 e. The molecule has 12 nitrogen and oxygen atoms in total. The van der Waals surface area contributed by atoms with Crippen molar-refractivity contribution in [2.24, 2.45) is 5.41 Å². The average molecular weight is 1630 g/mol. The van der Waals surface area contributed by atoms with E-state index in [9.17, 15) is 28.8 Å². The molecule has 0 N–H and O–H groups in total. The predicted octanol–water partition coefficient (Wildman–Crippen LogP) is 27.6. The number of allylic oxidation sites excluding steroid dienone is 1. The number of aryl methyl sites for hydroxylation is 2. The van der Waals surface area contributed by atoms with Crippen LogP contribution in [0.3, 0.4) is 0 Å². The van der Waals surface area contributed by atoms with E-state index in [0.717, 1.165) is 36.6 Å². The summed E-state index contributed by atoms with van der Waals surface area (Å²) >= 11 is 0. The van der Waals surface area contributed by atoms with Crippen LogP contribution in [0.1, 0.15) is 222 Å². The molecule has 1 aliphatic rings. The number of hydrogen-bond donors (Lipinski definition) is 0. The number of methoxy groups -OCH3 is 1. The van der Waals surface area contributed by atoms with Crippen LogP contribution >= 0.6 is 0 Å². The second-order valence-electron chi connectivity index (χ2n) is 32.2. The topological polar surface area (TPSA) is 158 Å². The molecule has 0 unspecified atom stereocenters. The first-order valence-electron chi connectivity index (χ1n) is 40.8. The van der Waals surface area contributed by atoms with Gasteiger partial charge in [0.15, 0.2) is 0 Å². The highest BCUT2D eigenvalue weighted by Crippen LogP contribution is 2.44. The molecule has 0 saturated heterocycles. The molecule has 8 aromatic rings. The van der Waals surface area contributed by atoms with Crippen molar-refractivity contribution in [1.82, 2.24) is 0 Å². The van der Waals surface area contributed by atoms with Crippen LogP contribution in [0.5, 0.6) is 5.75 Å². The maximum atomic E-state index is 11.0. The van der Waals surface area contributed by atoms with Crippen molar-refractivity contribution in [3.63, 3.8) is 0 Å². The van der Waals surface area contributed by atoms with Gasteiger partial charge in [0.25, 0.3) is 0 Å². The number of carbonyl (C=O) groups excluding carboxylic acids is 6. The zero-order valence-corrected chi connectivity index (χ0v) is 79.5. The Morgan fingerprint density at radius 2 is 0.724 bits per heavy atom. The van der Waals surface area contributed by atoms with E-state index in [2.05, 4.69) is 285 Å². The number of hydrogen-bond acceptors (Lipinski definition) is 12. The predicted molar refractivity (Wildman–Crippen MR) is 502 cm³/mol. The van der Waals surface area contributed by atoms with Gasteiger partial charge in [0.1, 0.15) is 37.0 Å². The summed E-state index contributed by atoms with van der Waals surface area (Å²) in [7, 11) is 0.0691. The van der Waals surface area contributed by atoms with Crippen molar-refractivity contribution >= 4 is 51.8 Å². The van der Waals surface area contributed by atoms with Gasteiger partial charge in [0, 0.05) is 62.1 Å². The summed E-state index contributed by atoms with van der Waals surface area (Å²) in [5.41, 5.74) is 12.8. The number of carbonyl (C=O) groups is 6. The van der Waals surface area contributed by atoms with Gasteiger partial charge >= 0.3 is 29.8 Å². The third-order valence-electron chi connectivity index (χ3n) is 14.1. The minimum atomic E-state index is -1.00. The van der Waals surface area contributed by atoms with Crippen molar-refractivity contribution in [2.45, 2.75) is 260 Å². The Morgan fingerprint density at radius 1 is 0.414 bits per heavy atom. The highest BCUT2D eigenvalue weighted by Gasteiger charge is 2.31. The Bertz CT molecular complexity index is 3580. The van der Waals surface area contributed by atoms with Gasteiger partial charge in [-0.3, -0.25) is 24.0 Å². The molecule has 0 aromatic heterocycles. The number of Topliss-reactive ketones (excluding diaryl/α,β-unsaturated/α-hetero) is 1. The quantitative estimate of drug-likeness (QED) is 0.0280. The van der Waals surface area contributed by atoms with Gasteiger partial charge in [-0.05, 0) is 140 Å². The molecule has 9 rings (SSSR count). The smallest absolute Gasteiger partial charge is 0.303 e. The second kappa shape index (κ2) is 68.7. The SMILES string of the molecule is C=CCCC.C=CCOC(C)=O.CC.CC(=O)OC(C)(C)C.CC(=O)OCC1c2ccccc2-c2ccccc21.CC(=O)OCC[Si](C)(C)C.CC(=O)OCc1ccccc1.CC(C)(C)C.CC(C)=O.CC(c1ccccc1)(c1ccccc1)c1ccccc1.CCC.CCc1ccc(OC)cc1.CCc1ccccc1.C[Si](C)(C)C. The number of unbranched alkanes of at least 4 members (excludes halogenated alkanes) is 1. The van der Waals surface area contributed by atoms with E-state index in [1.807, 2.05) is 113 Å². The third-order valence-corrected chi connectivity index (χ3v) is 15.8. The molecule has 14 heteroatoms. The monoisotopic (exact) mass is 1630 g/mol. The molecule has 0 bridgehead atoms. The molecule has 116 heavy (non-hydrogen) atoms. The molecule has 0 fully saturated rings. The van der Waals surface area contributed by atoms with E-state index in [1.165, 1.54) is 117 Å². The zero-order valence-electron chi connectivity index (χ0n) is 77.5. The second-order valence-corrected chi connectivity index (χ2v) is 43.8. The third kappa shape index (κ3) is 69.9. The van der Waals surface area contributed by atoms with Gasteiger partial charge in [0.2, 0.25) is 0 Å². The van der Waals surface area contributed by atoms with Crippen LogP contribution in [0.15, 0.2) is 250 Å². The number of fused-ring (bicyclic) bond motifs is 3. The van der Waals surface area contributed by atoms with Crippen LogP contribution in [-0.4, -0.2) is 84.3 Å². The van der Waals surface area contributed by atoms with Crippen molar-refractivity contribution in [2.75, 3.05) is 26.9 Å². The normalized spacial score (nSPS) is 10.2. The van der Waals surface area contributed by atoms with Gasteiger partial charge < -0.3 is 33.2 Å². The van der Waals surface area contributed by atoms with Crippen LogP contribution < -0.4 is 4.74 Å². The molecule has 0 radical (unpaired) electrons. The lowest BCUT2D eigenvalue weighted by molar-refractivity contribution is -0.152. The summed E-state index contributed by atoms with van der Waals surface area (Å²) < 4.78 is 29.0. The van der Waals surface area contributed by atoms with E-state index in [4.69, 9.17) is 23.7 Å². The first-order chi connectivity index (χ1) is 54.3. The molecule has 0 atom stereocenters. The number of esters is 5. The van der Waals surface area contributed by atoms with Gasteiger partial charge in [-0.15, -0.1) is 6.58 Å². The molecular weight excluding hydrogens is 1470 g/mol. The fraction of sp³-hybridized carbons (Fsp3) is 0.431. The highest BCUT2D eigenvalue weighted by molar-refractivity contribution is 6.76. The minimum absolute atomic E-state index is 0.121. The van der Waals surface area contributed by atoms with E-state index in [-0.39, 0.29) is 52.6 Å². The summed E-state index contributed by atoms with van der Waals surface area (Å²) in [6.45, 7) is 66.1. The first kappa shape index (κ1) is 115. The minimum Gasteiger partial charge on any atom is -0.497 e. The van der Waals surface area contributed by atoms with Crippen molar-refractivity contribution in [1.29, 1.82) is 0 Å². The molecule has 0 spiro atoms.